The molecule has 0 aliphatic rings. The Balaban J connectivity index is 2.85. The maximum atomic E-state index is 13.2. The van der Waals surface area contributed by atoms with Gasteiger partial charge in [-0.25, -0.2) is 4.39 Å². The van der Waals surface area contributed by atoms with E-state index in [1.54, 1.807) is 6.92 Å². The standard InChI is InChI=1S/C11H11F4NO2/c1-2-18-6-10(17)16-9-5-7(11(13,14)15)3-4-8(9)12/h3-5H,2,6H2,1H3,(H,16,17). The highest BCUT2D eigenvalue weighted by Crippen LogP contribution is 2.31. The summed E-state index contributed by atoms with van der Waals surface area (Å²) in [6.45, 7) is 1.59. The number of carbonyl (C=O) groups is 1. The fourth-order valence-electron chi connectivity index (χ4n) is 1.18. The Morgan fingerprint density at radius 1 is 1.39 bits per heavy atom. The Labute approximate surface area is 101 Å². The molecule has 0 saturated heterocycles. The van der Waals surface area contributed by atoms with Gasteiger partial charge < -0.3 is 10.1 Å². The molecule has 7 heteroatoms. The molecule has 0 atom stereocenters. The number of hydrogen-bond donors (Lipinski definition) is 1. The van der Waals surface area contributed by atoms with Crippen molar-refractivity contribution >= 4 is 11.6 Å². The van der Waals surface area contributed by atoms with Crippen molar-refractivity contribution in [3.8, 4) is 0 Å². The van der Waals surface area contributed by atoms with Crippen molar-refractivity contribution < 1.29 is 27.1 Å². The van der Waals surface area contributed by atoms with E-state index >= 15 is 0 Å². The monoisotopic (exact) mass is 265 g/mol. The zero-order valence-corrected chi connectivity index (χ0v) is 9.47. The first kappa shape index (κ1) is 14.4. The summed E-state index contributed by atoms with van der Waals surface area (Å²) in [6.07, 6.45) is -4.59. The molecule has 0 saturated carbocycles. The van der Waals surface area contributed by atoms with E-state index < -0.39 is 29.2 Å². The third kappa shape index (κ3) is 3.99. The first-order chi connectivity index (χ1) is 8.34. The SMILES string of the molecule is CCOCC(=O)Nc1cc(C(F)(F)F)ccc1F. The topological polar surface area (TPSA) is 38.3 Å². The first-order valence-corrected chi connectivity index (χ1v) is 5.09. The summed E-state index contributed by atoms with van der Waals surface area (Å²) in [5, 5.41) is 2.02. The van der Waals surface area contributed by atoms with Crippen LogP contribution in [0.15, 0.2) is 18.2 Å². The molecule has 0 aliphatic carbocycles. The van der Waals surface area contributed by atoms with E-state index in [1.807, 2.05) is 5.32 Å². The van der Waals surface area contributed by atoms with E-state index in [0.29, 0.717) is 18.2 Å². The van der Waals surface area contributed by atoms with Gasteiger partial charge in [0.05, 0.1) is 11.3 Å². The van der Waals surface area contributed by atoms with Crippen LogP contribution in [0, 0.1) is 5.82 Å². The van der Waals surface area contributed by atoms with Crippen molar-refractivity contribution in [1.29, 1.82) is 0 Å². The van der Waals surface area contributed by atoms with Crippen molar-refractivity contribution in [2.75, 3.05) is 18.5 Å². The van der Waals surface area contributed by atoms with Gasteiger partial charge in [-0.15, -0.1) is 0 Å². The number of ether oxygens (including phenoxy) is 1. The van der Waals surface area contributed by atoms with Crippen LogP contribution in [0.25, 0.3) is 0 Å². The van der Waals surface area contributed by atoms with Gasteiger partial charge in [0.15, 0.2) is 0 Å². The van der Waals surface area contributed by atoms with Crippen LogP contribution in [-0.2, 0) is 15.7 Å². The van der Waals surface area contributed by atoms with E-state index in [1.165, 1.54) is 0 Å². The number of nitrogens with one attached hydrogen (secondary N) is 1. The molecule has 100 valence electrons. The number of benzene rings is 1. The van der Waals surface area contributed by atoms with E-state index in [0.717, 1.165) is 0 Å². The first-order valence-electron chi connectivity index (χ1n) is 5.09. The summed E-state index contributed by atoms with van der Waals surface area (Å²) >= 11 is 0. The maximum absolute atomic E-state index is 13.2. The van der Waals surface area contributed by atoms with Gasteiger partial charge in [0.25, 0.3) is 0 Å². The van der Waals surface area contributed by atoms with Gasteiger partial charge in [0, 0.05) is 6.61 Å². The predicted octanol–water partition coefficient (Wildman–Crippen LogP) is 2.82. The fraction of sp³-hybridized carbons (Fsp3) is 0.364. The van der Waals surface area contributed by atoms with Crippen LogP contribution in [0.5, 0.6) is 0 Å². The maximum Gasteiger partial charge on any atom is 0.416 e. The molecule has 0 fully saturated rings. The molecule has 1 aromatic rings. The van der Waals surface area contributed by atoms with Gasteiger partial charge >= 0.3 is 6.18 Å². The number of halogens is 4. The zero-order chi connectivity index (χ0) is 13.8. The molecule has 0 aliphatic heterocycles. The minimum Gasteiger partial charge on any atom is -0.372 e. The van der Waals surface area contributed by atoms with Crippen LogP contribution in [0.4, 0.5) is 23.2 Å². The molecular weight excluding hydrogens is 254 g/mol. The largest absolute Gasteiger partial charge is 0.416 e. The molecule has 0 unspecified atom stereocenters. The summed E-state index contributed by atoms with van der Waals surface area (Å²) < 4.78 is 55.1. The second-order valence-electron chi connectivity index (χ2n) is 3.38. The lowest BCUT2D eigenvalue weighted by atomic mass is 10.2. The average molecular weight is 265 g/mol. The van der Waals surface area contributed by atoms with Gasteiger partial charge in [-0.1, -0.05) is 0 Å². The van der Waals surface area contributed by atoms with Gasteiger partial charge in [-0.2, -0.15) is 13.2 Å². The molecule has 1 rings (SSSR count). The Morgan fingerprint density at radius 3 is 2.61 bits per heavy atom. The highest BCUT2D eigenvalue weighted by Gasteiger charge is 2.31. The predicted molar refractivity (Wildman–Crippen MR) is 56.5 cm³/mol. The Bertz CT molecular complexity index is 432. The summed E-state index contributed by atoms with van der Waals surface area (Å²) in [5.41, 5.74) is -1.55. The minimum atomic E-state index is -4.59. The number of alkyl halides is 3. The summed E-state index contributed by atoms with van der Waals surface area (Å²) in [7, 11) is 0. The third-order valence-corrected chi connectivity index (χ3v) is 2.01. The fourth-order valence-corrected chi connectivity index (χ4v) is 1.18. The molecule has 1 amide bonds. The van der Waals surface area contributed by atoms with Gasteiger partial charge in [-0.05, 0) is 25.1 Å². The van der Waals surface area contributed by atoms with Crippen LogP contribution < -0.4 is 5.32 Å². The molecule has 1 aromatic carbocycles. The lowest BCUT2D eigenvalue weighted by molar-refractivity contribution is -0.137. The summed E-state index contributed by atoms with van der Waals surface area (Å²) in [6, 6.07) is 1.80. The van der Waals surface area contributed by atoms with Crippen molar-refractivity contribution in [1.82, 2.24) is 0 Å². The summed E-state index contributed by atoms with van der Waals surface area (Å²) in [4.78, 5) is 11.2. The highest BCUT2D eigenvalue weighted by atomic mass is 19.4. The molecule has 0 bridgehead atoms. The second kappa shape index (κ2) is 5.81. The van der Waals surface area contributed by atoms with Crippen molar-refractivity contribution in [2.45, 2.75) is 13.1 Å². The highest BCUT2D eigenvalue weighted by molar-refractivity contribution is 5.91. The molecule has 0 heterocycles. The van der Waals surface area contributed by atoms with Gasteiger partial charge in [0.1, 0.15) is 12.4 Å². The van der Waals surface area contributed by atoms with E-state index in [2.05, 4.69) is 0 Å². The smallest absolute Gasteiger partial charge is 0.372 e. The zero-order valence-electron chi connectivity index (χ0n) is 9.47. The number of hydrogen-bond acceptors (Lipinski definition) is 2. The van der Waals surface area contributed by atoms with E-state index in [9.17, 15) is 22.4 Å². The number of amides is 1. The van der Waals surface area contributed by atoms with Crippen LogP contribution in [0.2, 0.25) is 0 Å². The molecule has 1 N–H and O–H groups in total. The normalized spacial score (nSPS) is 11.4. The number of rotatable bonds is 4. The van der Waals surface area contributed by atoms with Crippen LogP contribution >= 0.6 is 0 Å². The molecular formula is C11H11F4NO2. The van der Waals surface area contributed by atoms with Crippen molar-refractivity contribution in [3.05, 3.63) is 29.6 Å². The lowest BCUT2D eigenvalue weighted by Crippen LogP contribution is -2.19. The Kier molecular flexibility index (Phi) is 4.66. The van der Waals surface area contributed by atoms with E-state index in [4.69, 9.17) is 4.74 Å². The van der Waals surface area contributed by atoms with Gasteiger partial charge in [-0.3, -0.25) is 4.79 Å². The van der Waals surface area contributed by atoms with Crippen molar-refractivity contribution in [3.63, 3.8) is 0 Å². The van der Waals surface area contributed by atoms with Gasteiger partial charge in [0.2, 0.25) is 5.91 Å². The Morgan fingerprint density at radius 2 is 2.06 bits per heavy atom. The van der Waals surface area contributed by atoms with Crippen LogP contribution in [0.3, 0.4) is 0 Å². The average Bonchev–Trinajstić information content (AvgIpc) is 2.28. The molecule has 0 radical (unpaired) electrons. The minimum absolute atomic E-state index is 0.276. The van der Waals surface area contributed by atoms with Crippen molar-refractivity contribution in [2.24, 2.45) is 0 Å². The number of anilines is 1. The molecule has 0 spiro atoms. The van der Waals surface area contributed by atoms with Crippen LogP contribution in [0.1, 0.15) is 12.5 Å². The lowest BCUT2D eigenvalue weighted by Gasteiger charge is -2.10. The second-order valence-corrected chi connectivity index (χ2v) is 3.38. The third-order valence-electron chi connectivity index (χ3n) is 2.01. The quantitative estimate of drug-likeness (QED) is 0.850. The van der Waals surface area contributed by atoms with E-state index in [-0.39, 0.29) is 13.2 Å². The van der Waals surface area contributed by atoms with Crippen LogP contribution in [-0.4, -0.2) is 19.1 Å². The number of carbonyl (C=O) groups excluding carboxylic acids is 1. The molecule has 3 nitrogen and oxygen atoms in total. The molecule has 18 heavy (non-hydrogen) atoms. The Hall–Kier alpha value is -1.63. The molecule has 0 aromatic heterocycles. The summed E-state index contributed by atoms with van der Waals surface area (Å²) in [5.74, 6) is -1.65.